The number of hydrogen-bond donors (Lipinski definition) is 2. The molecule has 20 heavy (non-hydrogen) atoms. The number of nitrogens with zero attached hydrogens (tertiary/aromatic N) is 1. The molecule has 1 heterocycles. The number of nitrogen functional groups attached to an aromatic ring is 1. The number of halogens is 1. The van der Waals surface area contributed by atoms with Crippen molar-refractivity contribution in [3.63, 3.8) is 0 Å². The Kier molecular flexibility index (Phi) is 6.70. The second-order valence-corrected chi connectivity index (χ2v) is 6.16. The van der Waals surface area contributed by atoms with Gasteiger partial charge in [0.1, 0.15) is 0 Å². The summed E-state index contributed by atoms with van der Waals surface area (Å²) in [6, 6.07) is 7.42. The Balaban J connectivity index is 0.00000200. The summed E-state index contributed by atoms with van der Waals surface area (Å²) in [7, 11) is -3.38. The van der Waals surface area contributed by atoms with Crippen LogP contribution in [0.4, 0.5) is 5.69 Å². The number of nitrogens with two attached hydrogens (primary N) is 1. The van der Waals surface area contributed by atoms with Crippen LogP contribution in [0.3, 0.4) is 0 Å². The quantitative estimate of drug-likeness (QED) is 0.769. The zero-order chi connectivity index (χ0) is 13.7. The van der Waals surface area contributed by atoms with Crippen LogP contribution in [-0.2, 0) is 21.4 Å². The van der Waals surface area contributed by atoms with Gasteiger partial charge in [-0.2, -0.15) is 12.7 Å². The largest absolute Gasteiger partial charge is 0.399 e. The molecule has 0 aliphatic carbocycles. The van der Waals surface area contributed by atoms with Gasteiger partial charge in [-0.25, -0.2) is 4.72 Å². The Morgan fingerprint density at radius 3 is 2.40 bits per heavy atom. The van der Waals surface area contributed by atoms with Gasteiger partial charge in [-0.1, -0.05) is 12.1 Å². The Hall–Kier alpha value is -0.860. The summed E-state index contributed by atoms with van der Waals surface area (Å²) >= 11 is 0. The molecule has 6 nitrogen and oxygen atoms in total. The minimum absolute atomic E-state index is 0. The molecule has 114 valence electrons. The lowest BCUT2D eigenvalue weighted by atomic mass is 10.1. The molecule has 1 aromatic rings. The maximum atomic E-state index is 12.0. The third-order valence-electron chi connectivity index (χ3n) is 2.99. The first-order valence-electron chi connectivity index (χ1n) is 6.25. The molecule has 0 atom stereocenters. The minimum atomic E-state index is -3.38. The van der Waals surface area contributed by atoms with E-state index in [0.29, 0.717) is 45.0 Å². The SMILES string of the molecule is Cl.Nc1ccc(CCNS(=O)(=O)N2CCOCC2)cc1. The molecule has 1 fully saturated rings. The molecule has 3 N–H and O–H groups in total. The first-order valence-corrected chi connectivity index (χ1v) is 7.69. The smallest absolute Gasteiger partial charge is 0.279 e. The van der Waals surface area contributed by atoms with Crippen molar-refractivity contribution in [3.05, 3.63) is 29.8 Å². The van der Waals surface area contributed by atoms with Crippen molar-refractivity contribution in [1.29, 1.82) is 0 Å². The number of morpholine rings is 1. The molecule has 1 saturated heterocycles. The molecule has 2 rings (SSSR count). The lowest BCUT2D eigenvalue weighted by Crippen LogP contribution is -2.47. The van der Waals surface area contributed by atoms with E-state index in [4.69, 9.17) is 10.5 Å². The molecule has 0 unspecified atom stereocenters. The van der Waals surface area contributed by atoms with Gasteiger partial charge in [0, 0.05) is 25.3 Å². The lowest BCUT2D eigenvalue weighted by molar-refractivity contribution is 0.0725. The van der Waals surface area contributed by atoms with E-state index < -0.39 is 10.2 Å². The molecule has 0 amide bonds. The monoisotopic (exact) mass is 321 g/mol. The van der Waals surface area contributed by atoms with Crippen molar-refractivity contribution in [1.82, 2.24) is 9.03 Å². The normalized spacial score (nSPS) is 16.6. The number of anilines is 1. The third-order valence-corrected chi connectivity index (χ3v) is 4.60. The van der Waals surface area contributed by atoms with Gasteiger partial charge in [0.2, 0.25) is 0 Å². The third kappa shape index (κ3) is 4.92. The highest BCUT2D eigenvalue weighted by molar-refractivity contribution is 7.87. The summed E-state index contributed by atoms with van der Waals surface area (Å²) in [4.78, 5) is 0. The van der Waals surface area contributed by atoms with Gasteiger partial charge in [0.25, 0.3) is 10.2 Å². The van der Waals surface area contributed by atoms with Crippen LogP contribution >= 0.6 is 12.4 Å². The second-order valence-electron chi connectivity index (χ2n) is 4.40. The molecule has 0 saturated carbocycles. The van der Waals surface area contributed by atoms with E-state index in [2.05, 4.69) is 4.72 Å². The van der Waals surface area contributed by atoms with Crippen molar-refractivity contribution in [2.75, 3.05) is 38.6 Å². The minimum Gasteiger partial charge on any atom is -0.399 e. The molecule has 0 aromatic heterocycles. The van der Waals surface area contributed by atoms with E-state index in [1.807, 2.05) is 24.3 Å². The van der Waals surface area contributed by atoms with Crippen LogP contribution in [0.2, 0.25) is 0 Å². The number of ether oxygens (including phenoxy) is 1. The van der Waals surface area contributed by atoms with E-state index >= 15 is 0 Å². The van der Waals surface area contributed by atoms with Crippen LogP contribution in [0.5, 0.6) is 0 Å². The van der Waals surface area contributed by atoms with Gasteiger partial charge in [-0.15, -0.1) is 12.4 Å². The second kappa shape index (κ2) is 7.80. The predicted octanol–water partition coefficient (Wildman–Crippen LogP) is 0.400. The summed E-state index contributed by atoms with van der Waals surface area (Å²) in [5, 5.41) is 0. The predicted molar refractivity (Wildman–Crippen MR) is 81.1 cm³/mol. The molecular formula is C12H20ClN3O3S. The highest BCUT2D eigenvalue weighted by Gasteiger charge is 2.23. The maximum Gasteiger partial charge on any atom is 0.279 e. The molecular weight excluding hydrogens is 302 g/mol. The first kappa shape index (κ1) is 17.2. The average molecular weight is 322 g/mol. The van der Waals surface area contributed by atoms with E-state index in [9.17, 15) is 8.42 Å². The maximum absolute atomic E-state index is 12.0. The zero-order valence-electron chi connectivity index (χ0n) is 11.1. The number of benzene rings is 1. The number of hydrogen-bond acceptors (Lipinski definition) is 4. The molecule has 0 spiro atoms. The van der Waals surface area contributed by atoms with Crippen LogP contribution in [0.25, 0.3) is 0 Å². The molecule has 8 heteroatoms. The van der Waals surface area contributed by atoms with Crippen molar-refractivity contribution < 1.29 is 13.2 Å². The highest BCUT2D eigenvalue weighted by Crippen LogP contribution is 2.06. The zero-order valence-corrected chi connectivity index (χ0v) is 12.8. The van der Waals surface area contributed by atoms with Crippen LogP contribution in [0.1, 0.15) is 5.56 Å². The van der Waals surface area contributed by atoms with Gasteiger partial charge in [-0.05, 0) is 24.1 Å². The van der Waals surface area contributed by atoms with Gasteiger partial charge in [-0.3, -0.25) is 0 Å². The lowest BCUT2D eigenvalue weighted by Gasteiger charge is -2.26. The van der Waals surface area contributed by atoms with Gasteiger partial charge < -0.3 is 10.5 Å². The fourth-order valence-electron chi connectivity index (χ4n) is 1.89. The summed E-state index contributed by atoms with van der Waals surface area (Å²) in [6.45, 7) is 2.12. The first-order chi connectivity index (χ1) is 9.08. The van der Waals surface area contributed by atoms with Crippen molar-refractivity contribution in [2.24, 2.45) is 0 Å². The molecule has 0 bridgehead atoms. The Labute approximate surface area is 125 Å². The average Bonchev–Trinajstić information content (AvgIpc) is 2.42. The van der Waals surface area contributed by atoms with E-state index in [0.717, 1.165) is 5.56 Å². The summed E-state index contributed by atoms with van der Waals surface area (Å²) in [5.74, 6) is 0. The summed E-state index contributed by atoms with van der Waals surface area (Å²) in [6.07, 6.45) is 0.643. The van der Waals surface area contributed by atoms with Crippen LogP contribution in [-0.4, -0.2) is 45.6 Å². The summed E-state index contributed by atoms with van der Waals surface area (Å²) in [5.41, 5.74) is 7.35. The van der Waals surface area contributed by atoms with Crippen LogP contribution < -0.4 is 10.5 Å². The Morgan fingerprint density at radius 1 is 1.20 bits per heavy atom. The summed E-state index contributed by atoms with van der Waals surface area (Å²) < 4.78 is 33.1. The van der Waals surface area contributed by atoms with Gasteiger partial charge in [0.15, 0.2) is 0 Å². The Bertz CT molecular complexity index is 501. The molecule has 1 aliphatic heterocycles. The van der Waals surface area contributed by atoms with Crippen molar-refractivity contribution in [2.45, 2.75) is 6.42 Å². The fourth-order valence-corrected chi connectivity index (χ4v) is 3.06. The standard InChI is InChI=1S/C12H19N3O3S.ClH/c13-12-3-1-11(2-4-12)5-6-14-19(16,17)15-7-9-18-10-8-15;/h1-4,14H,5-10,13H2;1H. The van der Waals surface area contributed by atoms with Crippen molar-refractivity contribution >= 4 is 28.3 Å². The van der Waals surface area contributed by atoms with Gasteiger partial charge >= 0.3 is 0 Å². The highest BCUT2D eigenvalue weighted by atomic mass is 35.5. The van der Waals surface area contributed by atoms with Gasteiger partial charge in [0.05, 0.1) is 13.2 Å². The number of nitrogens with one attached hydrogen (secondary N) is 1. The fraction of sp³-hybridized carbons (Fsp3) is 0.500. The number of rotatable bonds is 5. The van der Waals surface area contributed by atoms with Crippen LogP contribution in [0, 0.1) is 0 Å². The van der Waals surface area contributed by atoms with E-state index in [1.54, 1.807) is 0 Å². The topological polar surface area (TPSA) is 84.7 Å². The van der Waals surface area contributed by atoms with Crippen LogP contribution in [0.15, 0.2) is 24.3 Å². The molecule has 1 aliphatic rings. The van der Waals surface area contributed by atoms with E-state index in [1.165, 1.54) is 4.31 Å². The van der Waals surface area contributed by atoms with Crippen molar-refractivity contribution in [3.8, 4) is 0 Å². The Morgan fingerprint density at radius 2 is 1.80 bits per heavy atom. The molecule has 1 aromatic carbocycles. The van der Waals surface area contributed by atoms with E-state index in [-0.39, 0.29) is 12.4 Å². The molecule has 0 radical (unpaired) electrons.